The van der Waals surface area contributed by atoms with Gasteiger partial charge in [-0.1, -0.05) is 5.92 Å². The van der Waals surface area contributed by atoms with Crippen molar-refractivity contribution in [2.45, 2.75) is 65.2 Å². The highest BCUT2D eigenvalue weighted by molar-refractivity contribution is 6.10. The number of benzene rings is 1. The zero-order chi connectivity index (χ0) is 22.6. The number of hydrogen-bond donors (Lipinski definition) is 1. The van der Waals surface area contributed by atoms with Gasteiger partial charge in [0.2, 0.25) is 5.91 Å². The number of amides is 1. The SMILES string of the molecule is CC#Cc1cc(C)c(C2C(=O)CC3(CCC(C(=O)NCCOC)CC3)CC2=O)c(C)c1. The molecule has 0 atom stereocenters. The van der Waals surface area contributed by atoms with Crippen molar-refractivity contribution in [1.29, 1.82) is 0 Å². The Labute approximate surface area is 185 Å². The molecule has 5 nitrogen and oxygen atoms in total. The van der Waals surface area contributed by atoms with Crippen LogP contribution in [0.25, 0.3) is 0 Å². The summed E-state index contributed by atoms with van der Waals surface area (Å²) >= 11 is 0. The summed E-state index contributed by atoms with van der Waals surface area (Å²) in [4.78, 5) is 38.8. The van der Waals surface area contributed by atoms with Crippen molar-refractivity contribution in [2.24, 2.45) is 11.3 Å². The number of rotatable bonds is 5. The number of carbonyl (C=O) groups is 3. The quantitative estimate of drug-likeness (QED) is 0.446. The molecule has 5 heteroatoms. The fourth-order valence-electron chi connectivity index (χ4n) is 5.42. The average molecular weight is 424 g/mol. The van der Waals surface area contributed by atoms with Gasteiger partial charge in [0.15, 0.2) is 0 Å². The Kier molecular flexibility index (Phi) is 7.33. The normalized spacial score (nSPS) is 25.8. The Hall–Kier alpha value is -2.45. The Balaban J connectivity index is 1.70. The van der Waals surface area contributed by atoms with Crippen LogP contribution in [0.5, 0.6) is 0 Å². The largest absolute Gasteiger partial charge is 0.383 e. The lowest BCUT2D eigenvalue weighted by molar-refractivity contribution is -0.138. The molecular weight excluding hydrogens is 390 g/mol. The Morgan fingerprint density at radius 2 is 1.71 bits per heavy atom. The van der Waals surface area contributed by atoms with Crippen LogP contribution in [0.1, 0.15) is 73.6 Å². The lowest BCUT2D eigenvalue weighted by Gasteiger charge is -2.43. The van der Waals surface area contributed by atoms with Crippen LogP contribution >= 0.6 is 0 Å². The van der Waals surface area contributed by atoms with Crippen LogP contribution in [0.2, 0.25) is 0 Å². The monoisotopic (exact) mass is 423 g/mol. The highest BCUT2D eigenvalue weighted by Gasteiger charge is 2.48. The summed E-state index contributed by atoms with van der Waals surface area (Å²) in [6.45, 7) is 6.72. The van der Waals surface area contributed by atoms with Gasteiger partial charge in [-0.05, 0) is 80.7 Å². The van der Waals surface area contributed by atoms with Gasteiger partial charge in [0, 0.05) is 38.0 Å². The fraction of sp³-hybridized carbons (Fsp3) is 0.577. The van der Waals surface area contributed by atoms with Crippen molar-refractivity contribution in [3.8, 4) is 11.8 Å². The second kappa shape index (κ2) is 9.78. The van der Waals surface area contributed by atoms with Crippen molar-refractivity contribution < 1.29 is 19.1 Å². The number of aryl methyl sites for hydroxylation is 2. The minimum Gasteiger partial charge on any atom is -0.383 e. The van der Waals surface area contributed by atoms with Gasteiger partial charge < -0.3 is 10.1 Å². The molecule has 0 aliphatic heterocycles. The fourth-order valence-corrected chi connectivity index (χ4v) is 5.42. The molecule has 1 aromatic carbocycles. The molecule has 0 bridgehead atoms. The predicted molar refractivity (Wildman–Crippen MR) is 120 cm³/mol. The van der Waals surface area contributed by atoms with Gasteiger partial charge in [-0.15, -0.1) is 5.92 Å². The summed E-state index contributed by atoms with van der Waals surface area (Å²) in [6.07, 6.45) is 3.82. The summed E-state index contributed by atoms with van der Waals surface area (Å²) in [5, 5.41) is 2.91. The van der Waals surface area contributed by atoms with Crippen LogP contribution in [0.4, 0.5) is 0 Å². The first-order valence-electron chi connectivity index (χ1n) is 11.2. The first-order valence-corrected chi connectivity index (χ1v) is 11.2. The average Bonchev–Trinajstić information content (AvgIpc) is 2.70. The van der Waals surface area contributed by atoms with Gasteiger partial charge in [0.1, 0.15) is 17.5 Å². The van der Waals surface area contributed by atoms with Gasteiger partial charge in [-0.25, -0.2) is 0 Å². The molecule has 2 saturated carbocycles. The number of hydrogen-bond acceptors (Lipinski definition) is 4. The molecule has 166 valence electrons. The Bertz CT molecular complexity index is 885. The van der Waals surface area contributed by atoms with E-state index in [4.69, 9.17) is 4.74 Å². The van der Waals surface area contributed by atoms with E-state index in [0.717, 1.165) is 47.9 Å². The van der Waals surface area contributed by atoms with Crippen LogP contribution in [0.15, 0.2) is 12.1 Å². The minimum atomic E-state index is -0.663. The lowest BCUT2D eigenvalue weighted by atomic mass is 9.59. The van der Waals surface area contributed by atoms with E-state index in [1.807, 2.05) is 26.0 Å². The van der Waals surface area contributed by atoms with Crippen LogP contribution in [0, 0.1) is 37.0 Å². The van der Waals surface area contributed by atoms with Crippen LogP contribution < -0.4 is 5.32 Å². The smallest absolute Gasteiger partial charge is 0.223 e. The van der Waals surface area contributed by atoms with Crippen molar-refractivity contribution in [3.05, 3.63) is 34.4 Å². The van der Waals surface area contributed by atoms with Gasteiger partial charge in [0.25, 0.3) is 0 Å². The number of Topliss-reactive ketones (excluding diaryl/α,β-unsaturated/α-hetero) is 2. The topological polar surface area (TPSA) is 72.5 Å². The van der Waals surface area contributed by atoms with Gasteiger partial charge in [-0.3, -0.25) is 14.4 Å². The van der Waals surface area contributed by atoms with E-state index in [1.54, 1.807) is 14.0 Å². The zero-order valence-corrected chi connectivity index (χ0v) is 19.1. The predicted octanol–water partition coefficient (Wildman–Crippen LogP) is 3.63. The summed E-state index contributed by atoms with van der Waals surface area (Å²) in [7, 11) is 1.61. The molecule has 0 heterocycles. The van der Waals surface area contributed by atoms with E-state index in [0.29, 0.717) is 26.0 Å². The maximum absolute atomic E-state index is 13.2. The maximum atomic E-state index is 13.2. The molecule has 0 radical (unpaired) electrons. The second-order valence-corrected chi connectivity index (χ2v) is 9.18. The van der Waals surface area contributed by atoms with Crippen molar-refractivity contribution in [1.82, 2.24) is 5.32 Å². The minimum absolute atomic E-state index is 0.0276. The molecule has 0 aromatic heterocycles. The number of nitrogens with one attached hydrogen (secondary N) is 1. The molecular formula is C26H33NO4. The highest BCUT2D eigenvalue weighted by Crippen LogP contribution is 2.50. The van der Waals surface area contributed by atoms with E-state index in [1.165, 1.54) is 0 Å². The molecule has 2 aliphatic carbocycles. The molecule has 1 amide bonds. The second-order valence-electron chi connectivity index (χ2n) is 9.18. The summed E-state index contributed by atoms with van der Waals surface area (Å²) in [6, 6.07) is 3.94. The molecule has 1 spiro atoms. The van der Waals surface area contributed by atoms with E-state index >= 15 is 0 Å². The number of ether oxygens (including phenoxy) is 1. The van der Waals surface area contributed by atoms with Gasteiger partial charge in [0.05, 0.1) is 6.61 Å². The van der Waals surface area contributed by atoms with Crippen molar-refractivity contribution in [2.75, 3.05) is 20.3 Å². The molecule has 3 rings (SSSR count). The highest BCUT2D eigenvalue weighted by atomic mass is 16.5. The van der Waals surface area contributed by atoms with Crippen LogP contribution in [-0.2, 0) is 19.1 Å². The molecule has 1 N–H and O–H groups in total. The number of ketones is 2. The van der Waals surface area contributed by atoms with Crippen molar-refractivity contribution >= 4 is 17.5 Å². The van der Waals surface area contributed by atoms with E-state index in [9.17, 15) is 14.4 Å². The first-order chi connectivity index (χ1) is 14.8. The van der Waals surface area contributed by atoms with E-state index < -0.39 is 5.92 Å². The molecule has 0 saturated heterocycles. The zero-order valence-electron chi connectivity index (χ0n) is 19.1. The summed E-state index contributed by atoms with van der Waals surface area (Å²) in [5.41, 5.74) is 3.41. The molecule has 31 heavy (non-hydrogen) atoms. The van der Waals surface area contributed by atoms with E-state index in [2.05, 4.69) is 17.2 Å². The third kappa shape index (κ3) is 5.07. The Morgan fingerprint density at radius 3 is 2.23 bits per heavy atom. The number of methoxy groups -OCH3 is 1. The molecule has 0 unspecified atom stereocenters. The lowest BCUT2D eigenvalue weighted by Crippen LogP contribution is -2.44. The molecule has 1 aromatic rings. The third-order valence-electron chi connectivity index (χ3n) is 6.92. The molecule has 2 aliphatic rings. The van der Waals surface area contributed by atoms with E-state index in [-0.39, 0.29) is 28.8 Å². The van der Waals surface area contributed by atoms with Crippen LogP contribution in [-0.4, -0.2) is 37.7 Å². The van der Waals surface area contributed by atoms with Crippen molar-refractivity contribution in [3.63, 3.8) is 0 Å². The number of carbonyl (C=O) groups excluding carboxylic acids is 3. The standard InChI is InChI=1S/C26H33NO4/c1-5-6-19-13-17(2)23(18(3)14-19)24-21(28)15-26(16-22(24)29)9-7-20(8-10-26)25(30)27-11-12-31-4/h13-14,20,24H,7-12,15-16H2,1-4H3,(H,27,30). The van der Waals surface area contributed by atoms with Gasteiger partial charge >= 0.3 is 0 Å². The maximum Gasteiger partial charge on any atom is 0.223 e. The third-order valence-corrected chi connectivity index (χ3v) is 6.92. The van der Waals surface area contributed by atoms with Gasteiger partial charge in [-0.2, -0.15) is 0 Å². The first kappa shape index (κ1) is 23.2. The Morgan fingerprint density at radius 1 is 1.13 bits per heavy atom. The summed E-state index contributed by atoms with van der Waals surface area (Å²) < 4.78 is 4.98. The molecule has 2 fully saturated rings. The summed E-state index contributed by atoms with van der Waals surface area (Å²) in [5.74, 6) is 5.37. The van der Waals surface area contributed by atoms with Crippen LogP contribution in [0.3, 0.4) is 0 Å².